The van der Waals surface area contributed by atoms with Gasteiger partial charge in [0.05, 0.1) is 5.69 Å². The lowest BCUT2D eigenvalue weighted by Crippen LogP contribution is -2.52. The zero-order chi connectivity index (χ0) is 19.1. The summed E-state index contributed by atoms with van der Waals surface area (Å²) in [6.45, 7) is 9.30. The Morgan fingerprint density at radius 1 is 1.18 bits per heavy atom. The largest absolute Gasteiger partial charge is 0.506 e. The van der Waals surface area contributed by atoms with E-state index in [4.69, 9.17) is 4.99 Å². The number of phenols is 1. The van der Waals surface area contributed by atoms with Gasteiger partial charge in [-0.15, -0.1) is 24.0 Å². The molecule has 0 spiro atoms. The predicted octanol–water partition coefficient (Wildman–Crippen LogP) is 3.04. The van der Waals surface area contributed by atoms with E-state index < -0.39 is 0 Å². The normalized spacial score (nSPS) is 14.6. The minimum absolute atomic E-state index is 0. The van der Waals surface area contributed by atoms with Gasteiger partial charge >= 0.3 is 0 Å². The van der Waals surface area contributed by atoms with Crippen LogP contribution in [0.5, 0.6) is 5.75 Å². The molecule has 1 fully saturated rings. The molecule has 2 heterocycles. The number of guanidine groups is 1. The molecule has 1 aliphatic rings. The number of para-hydroxylation sites is 2. The fraction of sp³-hybridized carbons (Fsp3) is 0.429. The lowest BCUT2D eigenvalue weighted by molar-refractivity contribution is 0.370. The summed E-state index contributed by atoms with van der Waals surface area (Å²) in [6.07, 6.45) is 4.67. The van der Waals surface area contributed by atoms with Crippen molar-refractivity contribution in [2.24, 2.45) is 4.99 Å². The van der Waals surface area contributed by atoms with Crippen molar-refractivity contribution in [2.75, 3.05) is 44.2 Å². The third-order valence-corrected chi connectivity index (χ3v) is 4.92. The highest BCUT2D eigenvalue weighted by atomic mass is 127. The van der Waals surface area contributed by atoms with E-state index in [-0.39, 0.29) is 24.0 Å². The number of anilines is 1. The average Bonchev–Trinajstić information content (AvgIpc) is 2.69. The van der Waals surface area contributed by atoms with Crippen LogP contribution in [-0.2, 0) is 6.42 Å². The number of halogens is 1. The minimum Gasteiger partial charge on any atom is -0.506 e. The van der Waals surface area contributed by atoms with Crippen molar-refractivity contribution >= 4 is 35.6 Å². The van der Waals surface area contributed by atoms with Gasteiger partial charge in [-0.3, -0.25) is 9.98 Å². The number of aromatic nitrogens is 1. The van der Waals surface area contributed by atoms with Crippen LogP contribution in [-0.4, -0.2) is 60.2 Å². The van der Waals surface area contributed by atoms with Crippen molar-refractivity contribution in [1.29, 1.82) is 0 Å². The Labute approximate surface area is 184 Å². The summed E-state index contributed by atoms with van der Waals surface area (Å²) in [5.41, 5.74) is 3.43. The number of aryl methyl sites for hydroxylation is 1. The Balaban J connectivity index is 0.00000280. The van der Waals surface area contributed by atoms with Crippen molar-refractivity contribution < 1.29 is 5.11 Å². The first-order valence-electron chi connectivity index (χ1n) is 9.64. The van der Waals surface area contributed by atoms with Gasteiger partial charge in [-0.1, -0.05) is 12.1 Å². The topological polar surface area (TPSA) is 64.0 Å². The second kappa shape index (κ2) is 11.1. The zero-order valence-electron chi connectivity index (χ0n) is 16.6. The van der Waals surface area contributed by atoms with Gasteiger partial charge in [0.2, 0.25) is 0 Å². The number of rotatable bonds is 5. The maximum Gasteiger partial charge on any atom is 0.194 e. The summed E-state index contributed by atoms with van der Waals surface area (Å²) < 4.78 is 0. The minimum atomic E-state index is 0. The summed E-state index contributed by atoms with van der Waals surface area (Å²) in [7, 11) is 0. The summed E-state index contributed by atoms with van der Waals surface area (Å²) >= 11 is 0. The molecule has 2 aromatic rings. The first-order chi connectivity index (χ1) is 13.2. The molecule has 0 bridgehead atoms. The second-order valence-corrected chi connectivity index (χ2v) is 6.75. The third-order valence-electron chi connectivity index (χ3n) is 4.92. The van der Waals surface area contributed by atoms with Crippen LogP contribution in [0, 0.1) is 6.92 Å². The Kier molecular flexibility index (Phi) is 8.82. The average molecular weight is 495 g/mol. The Morgan fingerprint density at radius 2 is 1.93 bits per heavy atom. The van der Waals surface area contributed by atoms with E-state index in [1.54, 1.807) is 6.07 Å². The van der Waals surface area contributed by atoms with E-state index in [1.807, 2.05) is 30.6 Å². The first-order valence-corrected chi connectivity index (χ1v) is 9.64. The number of aliphatic imine (C=N–C) groups is 1. The lowest BCUT2D eigenvalue weighted by Gasteiger charge is -2.37. The van der Waals surface area contributed by atoms with E-state index in [2.05, 4.69) is 40.0 Å². The fourth-order valence-corrected chi connectivity index (χ4v) is 3.38. The third kappa shape index (κ3) is 5.73. The van der Waals surface area contributed by atoms with Gasteiger partial charge in [0.1, 0.15) is 5.75 Å². The summed E-state index contributed by atoms with van der Waals surface area (Å²) in [5.74, 6) is 1.32. The van der Waals surface area contributed by atoms with Gasteiger partial charge in [0.15, 0.2) is 5.96 Å². The molecule has 6 nitrogen and oxygen atoms in total. The number of aromatic hydroxyl groups is 1. The first kappa shape index (κ1) is 22.3. The van der Waals surface area contributed by atoms with Crippen LogP contribution in [0.2, 0.25) is 0 Å². The quantitative estimate of drug-likeness (QED) is 0.380. The smallest absolute Gasteiger partial charge is 0.194 e. The molecule has 0 unspecified atom stereocenters. The molecular formula is C21H30IN5O. The Bertz CT molecular complexity index is 775. The van der Waals surface area contributed by atoms with Gasteiger partial charge in [-0.25, -0.2) is 0 Å². The summed E-state index contributed by atoms with van der Waals surface area (Å²) in [4.78, 5) is 13.5. The highest BCUT2D eigenvalue weighted by molar-refractivity contribution is 14.0. The standard InChI is InChI=1S/C21H29N5O.HI/c1-3-23-21(24-11-9-18-8-10-22-16-17(18)2)26-14-12-25(13-15-26)19-6-4-5-7-20(19)27;/h4-8,10,16,27H,3,9,11-15H2,1-2H3,(H,23,24);1H. The predicted molar refractivity (Wildman–Crippen MR) is 126 cm³/mol. The molecule has 1 aliphatic heterocycles. The van der Waals surface area contributed by atoms with Crippen LogP contribution in [0.15, 0.2) is 47.7 Å². The number of benzene rings is 1. The number of hydrogen-bond donors (Lipinski definition) is 2. The van der Waals surface area contributed by atoms with E-state index in [9.17, 15) is 5.11 Å². The molecule has 28 heavy (non-hydrogen) atoms. The fourth-order valence-electron chi connectivity index (χ4n) is 3.38. The maximum atomic E-state index is 10.1. The summed E-state index contributed by atoms with van der Waals surface area (Å²) in [5, 5.41) is 13.5. The molecule has 3 rings (SSSR count). The van der Waals surface area contributed by atoms with E-state index in [0.717, 1.165) is 57.3 Å². The number of nitrogens with one attached hydrogen (secondary N) is 1. The van der Waals surface area contributed by atoms with E-state index >= 15 is 0 Å². The number of phenolic OH excluding ortho intramolecular Hbond substituents is 1. The molecule has 0 radical (unpaired) electrons. The number of pyridine rings is 1. The van der Waals surface area contributed by atoms with Crippen molar-refractivity contribution in [3.63, 3.8) is 0 Å². The van der Waals surface area contributed by atoms with Crippen molar-refractivity contribution in [3.8, 4) is 5.75 Å². The highest BCUT2D eigenvalue weighted by Gasteiger charge is 2.21. The van der Waals surface area contributed by atoms with Crippen LogP contribution in [0.3, 0.4) is 0 Å². The molecule has 152 valence electrons. The number of nitrogens with zero attached hydrogens (tertiary/aromatic N) is 4. The zero-order valence-corrected chi connectivity index (χ0v) is 19.0. The monoisotopic (exact) mass is 495 g/mol. The molecule has 1 aromatic heterocycles. The molecule has 1 saturated heterocycles. The van der Waals surface area contributed by atoms with Crippen LogP contribution in [0.4, 0.5) is 5.69 Å². The molecule has 7 heteroatoms. The van der Waals surface area contributed by atoms with Gasteiger partial charge in [-0.05, 0) is 49.6 Å². The number of piperazine rings is 1. The van der Waals surface area contributed by atoms with Crippen LogP contribution >= 0.6 is 24.0 Å². The van der Waals surface area contributed by atoms with Crippen LogP contribution < -0.4 is 10.2 Å². The molecule has 0 aliphatic carbocycles. The second-order valence-electron chi connectivity index (χ2n) is 6.75. The van der Waals surface area contributed by atoms with Crippen LogP contribution in [0.25, 0.3) is 0 Å². The van der Waals surface area contributed by atoms with Crippen molar-refractivity contribution in [1.82, 2.24) is 15.2 Å². The Hall–Kier alpha value is -2.03. The van der Waals surface area contributed by atoms with Gasteiger partial charge in [-0.2, -0.15) is 0 Å². The maximum absolute atomic E-state index is 10.1. The van der Waals surface area contributed by atoms with Gasteiger partial charge in [0, 0.05) is 51.7 Å². The molecule has 0 atom stereocenters. The number of hydrogen-bond acceptors (Lipinski definition) is 4. The van der Waals surface area contributed by atoms with Crippen molar-refractivity contribution in [2.45, 2.75) is 20.3 Å². The highest BCUT2D eigenvalue weighted by Crippen LogP contribution is 2.27. The molecule has 0 saturated carbocycles. The van der Waals surface area contributed by atoms with Gasteiger partial charge < -0.3 is 20.2 Å². The lowest BCUT2D eigenvalue weighted by atomic mass is 10.1. The molecular weight excluding hydrogens is 465 g/mol. The SMILES string of the molecule is CCNC(=NCCc1ccncc1C)N1CCN(c2ccccc2O)CC1.I. The van der Waals surface area contributed by atoms with Gasteiger partial charge in [0.25, 0.3) is 0 Å². The van der Waals surface area contributed by atoms with E-state index in [0.29, 0.717) is 5.75 Å². The summed E-state index contributed by atoms with van der Waals surface area (Å²) in [6, 6.07) is 9.61. The Morgan fingerprint density at radius 3 is 2.61 bits per heavy atom. The van der Waals surface area contributed by atoms with Crippen molar-refractivity contribution in [3.05, 3.63) is 53.9 Å². The van der Waals surface area contributed by atoms with E-state index in [1.165, 1.54) is 11.1 Å². The molecule has 2 N–H and O–H groups in total. The van der Waals surface area contributed by atoms with Crippen LogP contribution in [0.1, 0.15) is 18.1 Å². The molecule has 0 amide bonds. The molecule has 1 aromatic carbocycles.